The lowest BCUT2D eigenvalue weighted by molar-refractivity contribution is -0.140. The summed E-state index contributed by atoms with van der Waals surface area (Å²) in [4.78, 5) is 28.0. The molecular formula is C25H35N3O5S. The zero-order valence-electron chi connectivity index (χ0n) is 20.7. The molecule has 0 aromatic heterocycles. The third-order valence-corrected chi connectivity index (χ3v) is 6.47. The molecule has 1 N–H and O–H groups in total. The van der Waals surface area contributed by atoms with Crippen LogP contribution in [0.25, 0.3) is 0 Å². The van der Waals surface area contributed by atoms with Crippen LogP contribution in [0.5, 0.6) is 5.75 Å². The summed E-state index contributed by atoms with van der Waals surface area (Å²) in [6.45, 7) is 7.26. The lowest BCUT2D eigenvalue weighted by Gasteiger charge is -2.33. The van der Waals surface area contributed by atoms with E-state index in [1.54, 1.807) is 24.3 Å². The van der Waals surface area contributed by atoms with E-state index in [2.05, 4.69) is 5.32 Å². The number of amides is 2. The van der Waals surface area contributed by atoms with Gasteiger partial charge in [0.25, 0.3) is 0 Å². The zero-order chi connectivity index (χ0) is 25.5. The number of aryl methyl sites for hydroxylation is 1. The topological polar surface area (TPSA) is 96.0 Å². The molecule has 0 aliphatic heterocycles. The van der Waals surface area contributed by atoms with Crippen LogP contribution in [0.2, 0.25) is 0 Å². The Bertz CT molecular complexity index is 1070. The molecule has 0 aliphatic carbocycles. The van der Waals surface area contributed by atoms with Crippen LogP contribution in [0.1, 0.15) is 38.3 Å². The lowest BCUT2D eigenvalue weighted by atomic mass is 10.1. The molecule has 0 saturated carbocycles. The molecule has 0 saturated heterocycles. The molecule has 0 heterocycles. The number of methoxy groups -OCH3 is 1. The van der Waals surface area contributed by atoms with Gasteiger partial charge >= 0.3 is 0 Å². The van der Waals surface area contributed by atoms with Gasteiger partial charge in [0, 0.05) is 12.6 Å². The van der Waals surface area contributed by atoms with Gasteiger partial charge in [0.15, 0.2) is 0 Å². The van der Waals surface area contributed by atoms with Gasteiger partial charge in [-0.2, -0.15) is 0 Å². The van der Waals surface area contributed by atoms with Gasteiger partial charge in [0.2, 0.25) is 21.8 Å². The molecule has 186 valence electrons. The predicted octanol–water partition coefficient (Wildman–Crippen LogP) is 3.10. The van der Waals surface area contributed by atoms with E-state index in [4.69, 9.17) is 4.74 Å². The first-order valence-electron chi connectivity index (χ1n) is 11.2. The normalized spacial score (nSPS) is 12.2. The number of nitrogens with one attached hydrogen (secondary N) is 1. The SMILES string of the molecule is CC[C@@H](C(=O)NC(C)C)N(Cc1ccc(C)cc1)C(=O)CN(c1ccc(OC)cc1)S(C)(=O)=O. The predicted molar refractivity (Wildman–Crippen MR) is 134 cm³/mol. The van der Waals surface area contributed by atoms with Crippen molar-refractivity contribution in [3.63, 3.8) is 0 Å². The molecule has 2 rings (SSSR count). The number of anilines is 1. The quantitative estimate of drug-likeness (QED) is 0.523. The Labute approximate surface area is 202 Å². The van der Waals surface area contributed by atoms with Crippen molar-refractivity contribution in [1.29, 1.82) is 0 Å². The van der Waals surface area contributed by atoms with Crippen LogP contribution < -0.4 is 14.4 Å². The van der Waals surface area contributed by atoms with Crippen LogP contribution in [0.15, 0.2) is 48.5 Å². The van der Waals surface area contributed by atoms with E-state index in [1.807, 2.05) is 52.0 Å². The Morgan fingerprint density at radius 1 is 1.03 bits per heavy atom. The standard InChI is InChI=1S/C25H35N3O5S/c1-7-23(25(30)26-18(2)3)27(16-20-10-8-19(4)9-11-20)24(29)17-28(34(6,31)32)21-12-14-22(33-5)15-13-21/h8-15,18,23H,7,16-17H2,1-6H3,(H,26,30)/t23-/m0/s1. The summed E-state index contributed by atoms with van der Waals surface area (Å²) in [5.41, 5.74) is 2.27. The van der Waals surface area contributed by atoms with Crippen LogP contribution in [-0.4, -0.2) is 57.1 Å². The number of nitrogens with zero attached hydrogens (tertiary/aromatic N) is 2. The molecule has 0 bridgehead atoms. The molecule has 0 unspecified atom stereocenters. The third-order valence-electron chi connectivity index (χ3n) is 5.33. The van der Waals surface area contributed by atoms with E-state index in [0.717, 1.165) is 21.7 Å². The molecule has 9 heteroatoms. The smallest absolute Gasteiger partial charge is 0.244 e. The molecule has 2 amide bonds. The number of carbonyl (C=O) groups excluding carboxylic acids is 2. The van der Waals surface area contributed by atoms with Crippen molar-refractivity contribution < 1.29 is 22.7 Å². The van der Waals surface area contributed by atoms with Crippen LogP contribution in [0.3, 0.4) is 0 Å². The van der Waals surface area contributed by atoms with Gasteiger partial charge in [-0.3, -0.25) is 13.9 Å². The summed E-state index contributed by atoms with van der Waals surface area (Å²) in [6, 6.07) is 13.3. The van der Waals surface area contributed by atoms with Crippen LogP contribution in [0.4, 0.5) is 5.69 Å². The van der Waals surface area contributed by atoms with Crippen molar-refractivity contribution in [2.24, 2.45) is 0 Å². The van der Waals surface area contributed by atoms with Crippen molar-refractivity contribution in [3.8, 4) is 5.75 Å². The molecule has 8 nitrogen and oxygen atoms in total. The Kier molecular flexibility index (Phi) is 9.49. The molecule has 0 aliphatic rings. The van der Waals surface area contributed by atoms with Gasteiger partial charge in [-0.05, 0) is 57.0 Å². The summed E-state index contributed by atoms with van der Waals surface area (Å²) < 4.78 is 31.4. The first-order chi connectivity index (χ1) is 16.0. The Hall–Kier alpha value is -3.07. The maximum atomic E-state index is 13.6. The minimum absolute atomic E-state index is 0.0929. The van der Waals surface area contributed by atoms with E-state index >= 15 is 0 Å². The maximum absolute atomic E-state index is 13.6. The third kappa shape index (κ3) is 7.48. The van der Waals surface area contributed by atoms with E-state index in [-0.39, 0.29) is 18.5 Å². The van der Waals surface area contributed by atoms with Crippen molar-refractivity contribution in [1.82, 2.24) is 10.2 Å². The molecule has 0 spiro atoms. The van der Waals surface area contributed by atoms with Crippen molar-refractivity contribution in [2.75, 3.05) is 24.2 Å². The van der Waals surface area contributed by atoms with Crippen molar-refractivity contribution in [2.45, 2.75) is 52.7 Å². The number of carbonyl (C=O) groups is 2. The fourth-order valence-electron chi connectivity index (χ4n) is 3.55. The fourth-order valence-corrected chi connectivity index (χ4v) is 4.40. The van der Waals surface area contributed by atoms with Gasteiger partial charge < -0.3 is 15.0 Å². The Morgan fingerprint density at radius 3 is 2.09 bits per heavy atom. The van der Waals surface area contributed by atoms with Crippen LogP contribution in [-0.2, 0) is 26.2 Å². The monoisotopic (exact) mass is 489 g/mol. The highest BCUT2D eigenvalue weighted by molar-refractivity contribution is 7.92. The number of rotatable bonds is 11. The second-order valence-electron chi connectivity index (χ2n) is 8.56. The lowest BCUT2D eigenvalue weighted by Crippen LogP contribution is -2.53. The highest BCUT2D eigenvalue weighted by atomic mass is 32.2. The summed E-state index contributed by atoms with van der Waals surface area (Å²) in [5.74, 6) is -0.165. The van der Waals surface area contributed by atoms with E-state index in [0.29, 0.717) is 17.9 Å². The van der Waals surface area contributed by atoms with Gasteiger partial charge in [0.05, 0.1) is 19.1 Å². The average molecular weight is 490 g/mol. The minimum Gasteiger partial charge on any atom is -0.497 e. The van der Waals surface area contributed by atoms with E-state index < -0.39 is 28.5 Å². The molecule has 2 aromatic rings. The van der Waals surface area contributed by atoms with Crippen LogP contribution >= 0.6 is 0 Å². The van der Waals surface area contributed by atoms with Crippen LogP contribution in [0, 0.1) is 6.92 Å². The summed E-state index contributed by atoms with van der Waals surface area (Å²) in [6.07, 6.45) is 1.44. The average Bonchev–Trinajstić information content (AvgIpc) is 2.77. The number of sulfonamides is 1. The molecule has 1 atom stereocenters. The van der Waals surface area contributed by atoms with Gasteiger partial charge in [-0.1, -0.05) is 36.8 Å². The number of hydrogen-bond donors (Lipinski definition) is 1. The number of ether oxygens (including phenoxy) is 1. The highest BCUT2D eigenvalue weighted by Crippen LogP contribution is 2.22. The van der Waals surface area contributed by atoms with Crippen molar-refractivity contribution >= 4 is 27.5 Å². The summed E-state index contributed by atoms with van der Waals surface area (Å²) in [7, 11) is -2.26. The van der Waals surface area contributed by atoms with Crippen molar-refractivity contribution in [3.05, 3.63) is 59.7 Å². The highest BCUT2D eigenvalue weighted by Gasteiger charge is 2.31. The summed E-state index contributed by atoms with van der Waals surface area (Å²) in [5, 5.41) is 2.87. The molecule has 0 radical (unpaired) electrons. The van der Waals surface area contributed by atoms with Gasteiger partial charge in [-0.15, -0.1) is 0 Å². The number of hydrogen-bond acceptors (Lipinski definition) is 5. The Balaban J connectivity index is 2.42. The molecule has 2 aromatic carbocycles. The van der Waals surface area contributed by atoms with E-state index in [9.17, 15) is 18.0 Å². The van der Waals surface area contributed by atoms with Gasteiger partial charge in [-0.25, -0.2) is 8.42 Å². The van der Waals surface area contributed by atoms with E-state index in [1.165, 1.54) is 12.0 Å². The maximum Gasteiger partial charge on any atom is 0.244 e. The first-order valence-corrected chi connectivity index (χ1v) is 13.1. The molecule has 0 fully saturated rings. The first kappa shape index (κ1) is 27.2. The molecule has 34 heavy (non-hydrogen) atoms. The zero-order valence-corrected chi connectivity index (χ0v) is 21.6. The number of benzene rings is 2. The molecular weight excluding hydrogens is 454 g/mol. The fraction of sp³-hybridized carbons (Fsp3) is 0.440. The van der Waals surface area contributed by atoms with Gasteiger partial charge in [0.1, 0.15) is 18.3 Å². The largest absolute Gasteiger partial charge is 0.497 e. The minimum atomic E-state index is -3.77. The second-order valence-corrected chi connectivity index (χ2v) is 10.5. The second kappa shape index (κ2) is 11.9. The summed E-state index contributed by atoms with van der Waals surface area (Å²) >= 11 is 0. The Morgan fingerprint density at radius 2 is 1.62 bits per heavy atom.